The van der Waals surface area contributed by atoms with Gasteiger partial charge >= 0.3 is 0 Å². The molecule has 88 valence electrons. The molecule has 3 nitrogen and oxygen atoms in total. The minimum atomic E-state index is -1.02. The maximum Gasteiger partial charge on any atom is 0.160 e. The lowest BCUT2D eigenvalue weighted by Gasteiger charge is -2.16. The molecule has 0 bridgehead atoms. The number of ether oxygens (including phenoxy) is 2. The predicted molar refractivity (Wildman–Crippen MR) is 56.7 cm³/mol. The van der Waals surface area contributed by atoms with Crippen LogP contribution in [0.25, 0.3) is 0 Å². The van der Waals surface area contributed by atoms with Crippen LogP contribution in [0.5, 0.6) is 0 Å². The molecule has 0 aliphatic carbocycles. The van der Waals surface area contributed by atoms with Gasteiger partial charge in [0.25, 0.3) is 0 Å². The van der Waals surface area contributed by atoms with E-state index in [2.05, 4.69) is 0 Å². The molecule has 0 radical (unpaired) electrons. The molecule has 1 aromatic carbocycles. The van der Waals surface area contributed by atoms with Gasteiger partial charge in [-0.1, -0.05) is 17.7 Å². The third-order valence-corrected chi connectivity index (χ3v) is 2.77. The van der Waals surface area contributed by atoms with Crippen LogP contribution >= 0.6 is 11.6 Å². The minimum Gasteiger partial charge on any atom is -0.388 e. The van der Waals surface area contributed by atoms with Gasteiger partial charge in [-0.2, -0.15) is 0 Å². The van der Waals surface area contributed by atoms with Crippen LogP contribution in [0.1, 0.15) is 18.1 Å². The Morgan fingerprint density at radius 2 is 2.12 bits per heavy atom. The lowest BCUT2D eigenvalue weighted by molar-refractivity contribution is -0.0711. The largest absolute Gasteiger partial charge is 0.388 e. The van der Waals surface area contributed by atoms with Gasteiger partial charge in [-0.15, -0.1) is 0 Å². The highest BCUT2D eigenvalue weighted by Crippen LogP contribution is 2.29. The molecule has 0 spiro atoms. The summed E-state index contributed by atoms with van der Waals surface area (Å²) >= 11 is 5.83. The van der Waals surface area contributed by atoms with E-state index in [1.165, 1.54) is 12.1 Å². The minimum absolute atomic E-state index is 0.100. The van der Waals surface area contributed by atoms with Gasteiger partial charge in [-0.05, 0) is 12.1 Å². The zero-order valence-electron chi connectivity index (χ0n) is 8.53. The van der Waals surface area contributed by atoms with E-state index in [1.54, 1.807) is 6.07 Å². The Morgan fingerprint density at radius 3 is 2.75 bits per heavy atom. The molecule has 1 saturated heterocycles. The fraction of sp³-hybridized carbons (Fsp3) is 0.455. The van der Waals surface area contributed by atoms with Gasteiger partial charge in [0.1, 0.15) is 5.82 Å². The van der Waals surface area contributed by atoms with Gasteiger partial charge < -0.3 is 14.6 Å². The molecule has 0 amide bonds. The number of benzene rings is 1. The first-order valence-corrected chi connectivity index (χ1v) is 5.41. The molecule has 5 heteroatoms. The van der Waals surface area contributed by atoms with E-state index in [1.807, 2.05) is 0 Å². The molecular formula is C11H12ClFO3. The number of rotatable bonds is 3. The van der Waals surface area contributed by atoms with E-state index in [4.69, 9.17) is 21.1 Å². The van der Waals surface area contributed by atoms with Crippen LogP contribution in [-0.4, -0.2) is 24.6 Å². The van der Waals surface area contributed by atoms with Crippen molar-refractivity contribution in [1.29, 1.82) is 0 Å². The zero-order chi connectivity index (χ0) is 11.5. The summed E-state index contributed by atoms with van der Waals surface area (Å²) in [5.41, 5.74) is 0.100. The quantitative estimate of drug-likeness (QED) is 0.889. The van der Waals surface area contributed by atoms with Crippen LogP contribution in [0.3, 0.4) is 0 Å². The summed E-state index contributed by atoms with van der Waals surface area (Å²) in [5, 5.41) is 10.1. The molecular weight excluding hydrogens is 235 g/mol. The van der Waals surface area contributed by atoms with Crippen molar-refractivity contribution in [2.75, 3.05) is 13.2 Å². The molecule has 1 heterocycles. The summed E-state index contributed by atoms with van der Waals surface area (Å²) in [4.78, 5) is 0. The molecule has 1 atom stereocenters. The van der Waals surface area contributed by atoms with Crippen LogP contribution in [0.2, 0.25) is 5.02 Å². The molecule has 0 aromatic heterocycles. The molecule has 0 saturated carbocycles. The Kier molecular flexibility index (Phi) is 3.76. The van der Waals surface area contributed by atoms with Crippen molar-refractivity contribution < 1.29 is 19.0 Å². The van der Waals surface area contributed by atoms with Crippen LogP contribution in [0.4, 0.5) is 4.39 Å². The number of hydrogen-bond acceptors (Lipinski definition) is 3. The van der Waals surface area contributed by atoms with Crippen molar-refractivity contribution in [3.63, 3.8) is 0 Å². The average Bonchev–Trinajstić information content (AvgIpc) is 2.70. The van der Waals surface area contributed by atoms with Crippen molar-refractivity contribution in [3.8, 4) is 0 Å². The van der Waals surface area contributed by atoms with Crippen molar-refractivity contribution in [2.45, 2.75) is 18.8 Å². The lowest BCUT2D eigenvalue weighted by Crippen LogP contribution is -2.14. The summed E-state index contributed by atoms with van der Waals surface area (Å²) in [6.07, 6.45) is -1.32. The lowest BCUT2D eigenvalue weighted by atomic mass is 10.1. The third kappa shape index (κ3) is 2.52. The molecule has 1 unspecified atom stereocenters. The van der Waals surface area contributed by atoms with Crippen LogP contribution in [0, 0.1) is 5.82 Å². The second-order valence-electron chi connectivity index (χ2n) is 3.56. The SMILES string of the molecule is OC(CC1OCCO1)c1c(F)cccc1Cl. The molecule has 1 N–H and O–H groups in total. The van der Waals surface area contributed by atoms with Crippen molar-refractivity contribution >= 4 is 11.6 Å². The predicted octanol–water partition coefficient (Wildman–Crippen LogP) is 2.28. The number of aliphatic hydroxyl groups is 1. The van der Waals surface area contributed by atoms with Gasteiger partial charge in [-0.25, -0.2) is 4.39 Å². The molecule has 1 fully saturated rings. The Hall–Kier alpha value is -0.680. The van der Waals surface area contributed by atoms with Gasteiger partial charge in [-0.3, -0.25) is 0 Å². The number of halogens is 2. The first-order chi connectivity index (χ1) is 7.68. The zero-order valence-corrected chi connectivity index (χ0v) is 9.28. The third-order valence-electron chi connectivity index (χ3n) is 2.44. The molecule has 1 aliphatic heterocycles. The van der Waals surface area contributed by atoms with E-state index in [0.29, 0.717) is 13.2 Å². The monoisotopic (exact) mass is 246 g/mol. The van der Waals surface area contributed by atoms with Gasteiger partial charge in [0.2, 0.25) is 0 Å². The maximum atomic E-state index is 13.4. The fourth-order valence-electron chi connectivity index (χ4n) is 1.67. The van der Waals surface area contributed by atoms with Gasteiger partial charge in [0, 0.05) is 17.0 Å². The van der Waals surface area contributed by atoms with E-state index in [9.17, 15) is 9.50 Å². The fourth-order valence-corrected chi connectivity index (χ4v) is 1.96. The van der Waals surface area contributed by atoms with Crippen molar-refractivity contribution in [2.24, 2.45) is 0 Å². The molecule has 2 rings (SSSR count). The highest BCUT2D eigenvalue weighted by molar-refractivity contribution is 6.31. The van der Waals surface area contributed by atoms with E-state index >= 15 is 0 Å². The number of aliphatic hydroxyl groups excluding tert-OH is 1. The smallest absolute Gasteiger partial charge is 0.160 e. The van der Waals surface area contributed by atoms with Crippen molar-refractivity contribution in [3.05, 3.63) is 34.6 Å². The highest BCUT2D eigenvalue weighted by Gasteiger charge is 2.24. The average molecular weight is 247 g/mol. The van der Waals surface area contributed by atoms with Gasteiger partial charge in [0.05, 0.1) is 19.3 Å². The van der Waals surface area contributed by atoms with Crippen LogP contribution in [0.15, 0.2) is 18.2 Å². The normalized spacial score (nSPS) is 18.9. The molecule has 16 heavy (non-hydrogen) atoms. The second kappa shape index (κ2) is 5.10. The van der Waals surface area contributed by atoms with E-state index in [0.717, 1.165) is 0 Å². The molecule has 1 aromatic rings. The highest BCUT2D eigenvalue weighted by atomic mass is 35.5. The maximum absolute atomic E-state index is 13.4. The Balaban J connectivity index is 2.10. The van der Waals surface area contributed by atoms with Crippen LogP contribution < -0.4 is 0 Å². The van der Waals surface area contributed by atoms with E-state index < -0.39 is 18.2 Å². The van der Waals surface area contributed by atoms with E-state index in [-0.39, 0.29) is 17.0 Å². The number of hydrogen-bond donors (Lipinski definition) is 1. The Labute approximate surface area is 97.7 Å². The topological polar surface area (TPSA) is 38.7 Å². The Morgan fingerprint density at radius 1 is 1.44 bits per heavy atom. The summed E-state index contributed by atoms with van der Waals surface area (Å²) in [6.45, 7) is 1.00. The first-order valence-electron chi connectivity index (χ1n) is 5.03. The summed E-state index contributed by atoms with van der Waals surface area (Å²) in [7, 11) is 0. The van der Waals surface area contributed by atoms with Gasteiger partial charge in [0.15, 0.2) is 6.29 Å². The Bertz CT molecular complexity index is 346. The summed E-state index contributed by atoms with van der Waals surface area (Å²) < 4.78 is 23.8. The first kappa shape index (κ1) is 11.8. The summed E-state index contributed by atoms with van der Waals surface area (Å²) in [5.74, 6) is -0.516. The second-order valence-corrected chi connectivity index (χ2v) is 3.97. The van der Waals surface area contributed by atoms with Crippen LogP contribution in [-0.2, 0) is 9.47 Å². The summed E-state index contributed by atoms with van der Waals surface area (Å²) in [6, 6.07) is 4.30. The van der Waals surface area contributed by atoms with Crippen molar-refractivity contribution in [1.82, 2.24) is 0 Å². The molecule has 1 aliphatic rings. The standard InChI is InChI=1S/C11H12ClFO3/c12-7-2-1-3-8(13)11(7)9(14)6-10-15-4-5-16-10/h1-3,9-10,14H,4-6H2.